The van der Waals surface area contributed by atoms with Gasteiger partial charge in [0, 0.05) is 21.4 Å². The minimum Gasteiger partial charge on any atom is -0.365 e. The lowest BCUT2D eigenvalue weighted by atomic mass is 10.2. The topological polar surface area (TPSA) is 37.8 Å². The monoisotopic (exact) mass is 347 g/mol. The van der Waals surface area contributed by atoms with Crippen molar-refractivity contribution in [1.29, 1.82) is 0 Å². The van der Waals surface area contributed by atoms with Gasteiger partial charge in [-0.05, 0) is 35.9 Å². The molecule has 3 aromatic rings. The van der Waals surface area contributed by atoms with Crippen LogP contribution >= 0.6 is 27.5 Å². The summed E-state index contributed by atoms with van der Waals surface area (Å²) in [7, 11) is 0. The Bertz CT molecular complexity index is 744. The fourth-order valence-electron chi connectivity index (χ4n) is 1.96. The number of hydrogen-bond acceptors (Lipinski definition) is 3. The summed E-state index contributed by atoms with van der Waals surface area (Å²) in [6.45, 7) is 0.690. The number of aromatic nitrogens is 2. The third-order valence-corrected chi connectivity index (χ3v) is 3.72. The van der Waals surface area contributed by atoms with Crippen molar-refractivity contribution < 1.29 is 0 Å². The van der Waals surface area contributed by atoms with Crippen molar-refractivity contribution in [3.05, 3.63) is 63.9 Å². The van der Waals surface area contributed by atoms with E-state index in [0.717, 1.165) is 31.8 Å². The van der Waals surface area contributed by atoms with Gasteiger partial charge in [0.2, 0.25) is 0 Å². The summed E-state index contributed by atoms with van der Waals surface area (Å²) in [5, 5.41) is 5.07. The van der Waals surface area contributed by atoms with Crippen LogP contribution in [0.1, 0.15) is 5.56 Å². The molecule has 5 heteroatoms. The number of hydrogen-bond donors (Lipinski definition) is 1. The van der Waals surface area contributed by atoms with Gasteiger partial charge in [0.15, 0.2) is 0 Å². The molecule has 20 heavy (non-hydrogen) atoms. The molecular weight excluding hydrogens is 338 g/mol. The second-order valence-corrected chi connectivity index (χ2v) is 5.72. The number of benzene rings is 2. The smallest absolute Gasteiger partial charge is 0.137 e. The number of nitrogens with one attached hydrogen (secondary N) is 1. The van der Waals surface area contributed by atoms with Gasteiger partial charge in [-0.3, -0.25) is 0 Å². The highest BCUT2D eigenvalue weighted by Crippen LogP contribution is 2.23. The Morgan fingerprint density at radius 2 is 1.85 bits per heavy atom. The maximum Gasteiger partial charge on any atom is 0.137 e. The van der Waals surface area contributed by atoms with Crippen molar-refractivity contribution in [3.63, 3.8) is 0 Å². The van der Waals surface area contributed by atoms with Gasteiger partial charge in [-0.15, -0.1) is 0 Å². The van der Waals surface area contributed by atoms with E-state index < -0.39 is 0 Å². The third kappa shape index (κ3) is 2.92. The molecule has 0 radical (unpaired) electrons. The van der Waals surface area contributed by atoms with Crippen molar-refractivity contribution >= 4 is 44.3 Å². The zero-order chi connectivity index (χ0) is 13.9. The summed E-state index contributed by atoms with van der Waals surface area (Å²) in [6, 6.07) is 13.7. The molecule has 0 amide bonds. The van der Waals surface area contributed by atoms with Crippen LogP contribution < -0.4 is 5.32 Å². The van der Waals surface area contributed by atoms with E-state index in [1.165, 1.54) is 0 Å². The first-order chi connectivity index (χ1) is 9.72. The molecule has 3 nitrogen and oxygen atoms in total. The van der Waals surface area contributed by atoms with Crippen LogP contribution in [-0.2, 0) is 6.54 Å². The Morgan fingerprint density at radius 3 is 2.65 bits per heavy atom. The molecule has 0 unspecified atom stereocenters. The highest BCUT2D eigenvalue weighted by molar-refractivity contribution is 9.10. The van der Waals surface area contributed by atoms with Crippen molar-refractivity contribution in [3.8, 4) is 0 Å². The lowest BCUT2D eigenvalue weighted by molar-refractivity contribution is 1.10. The number of nitrogens with zero attached hydrogens (tertiary/aromatic N) is 2. The molecule has 3 rings (SSSR count). The second-order valence-electron chi connectivity index (χ2n) is 4.36. The minimum absolute atomic E-state index is 0.690. The number of anilines is 1. The fraction of sp³-hybridized carbons (Fsp3) is 0.0667. The van der Waals surface area contributed by atoms with Crippen LogP contribution in [0.2, 0.25) is 5.02 Å². The van der Waals surface area contributed by atoms with E-state index in [2.05, 4.69) is 31.2 Å². The van der Waals surface area contributed by atoms with E-state index in [1.807, 2.05) is 42.5 Å². The van der Waals surface area contributed by atoms with E-state index in [9.17, 15) is 0 Å². The molecule has 0 bridgehead atoms. The van der Waals surface area contributed by atoms with Gasteiger partial charge < -0.3 is 5.32 Å². The molecule has 0 aliphatic rings. The molecule has 1 heterocycles. The Morgan fingerprint density at radius 1 is 1.05 bits per heavy atom. The average Bonchev–Trinajstić information content (AvgIpc) is 2.47. The maximum absolute atomic E-state index is 5.88. The molecule has 0 fully saturated rings. The lowest BCUT2D eigenvalue weighted by Gasteiger charge is -2.08. The van der Waals surface area contributed by atoms with E-state index in [0.29, 0.717) is 6.54 Å². The predicted molar refractivity (Wildman–Crippen MR) is 86.0 cm³/mol. The second kappa shape index (κ2) is 5.77. The number of fused-ring (bicyclic) bond motifs is 1. The molecule has 1 N–H and O–H groups in total. The Balaban J connectivity index is 1.87. The van der Waals surface area contributed by atoms with Crippen LogP contribution in [-0.4, -0.2) is 9.97 Å². The summed E-state index contributed by atoms with van der Waals surface area (Å²) in [5.74, 6) is 0.825. The largest absolute Gasteiger partial charge is 0.365 e. The Hall–Kier alpha value is -1.65. The standard InChI is InChI=1S/C15H11BrClN3/c16-11-3-6-14-13(7-11)15(20-9-19-14)18-8-10-1-4-12(17)5-2-10/h1-7,9H,8H2,(H,18,19,20). The maximum atomic E-state index is 5.88. The first-order valence-electron chi connectivity index (χ1n) is 6.11. The Labute approximate surface area is 130 Å². The minimum atomic E-state index is 0.690. The molecule has 100 valence electrons. The van der Waals surface area contributed by atoms with Crippen LogP contribution in [0, 0.1) is 0 Å². The molecular formula is C15H11BrClN3. The van der Waals surface area contributed by atoms with Crippen LogP contribution in [0.5, 0.6) is 0 Å². The lowest BCUT2D eigenvalue weighted by Crippen LogP contribution is -2.02. The van der Waals surface area contributed by atoms with Crippen molar-refractivity contribution in [2.24, 2.45) is 0 Å². The quantitative estimate of drug-likeness (QED) is 0.748. The van der Waals surface area contributed by atoms with Crippen molar-refractivity contribution in [2.75, 3.05) is 5.32 Å². The zero-order valence-electron chi connectivity index (χ0n) is 10.5. The molecule has 0 saturated carbocycles. The van der Waals surface area contributed by atoms with E-state index in [1.54, 1.807) is 6.33 Å². The number of rotatable bonds is 3. The molecule has 0 atom stereocenters. The normalized spacial score (nSPS) is 10.7. The van der Waals surface area contributed by atoms with Crippen LogP contribution in [0.3, 0.4) is 0 Å². The Kier molecular flexibility index (Phi) is 3.85. The zero-order valence-corrected chi connectivity index (χ0v) is 12.8. The first-order valence-corrected chi connectivity index (χ1v) is 7.28. The summed E-state index contributed by atoms with van der Waals surface area (Å²) in [6.07, 6.45) is 1.57. The molecule has 0 saturated heterocycles. The van der Waals surface area contributed by atoms with Crippen LogP contribution in [0.4, 0.5) is 5.82 Å². The molecule has 0 spiro atoms. The van der Waals surface area contributed by atoms with E-state index in [-0.39, 0.29) is 0 Å². The van der Waals surface area contributed by atoms with Crippen molar-refractivity contribution in [1.82, 2.24) is 9.97 Å². The molecule has 0 aliphatic carbocycles. The van der Waals surface area contributed by atoms with Crippen LogP contribution in [0.15, 0.2) is 53.3 Å². The van der Waals surface area contributed by atoms with Gasteiger partial charge in [0.1, 0.15) is 12.1 Å². The first kappa shape index (κ1) is 13.3. The molecule has 0 aliphatic heterocycles. The van der Waals surface area contributed by atoms with Gasteiger partial charge in [0.05, 0.1) is 5.52 Å². The summed E-state index contributed by atoms with van der Waals surface area (Å²) < 4.78 is 1.01. The van der Waals surface area contributed by atoms with Gasteiger partial charge >= 0.3 is 0 Å². The third-order valence-electron chi connectivity index (χ3n) is 2.97. The molecule has 2 aromatic carbocycles. The average molecular weight is 349 g/mol. The van der Waals surface area contributed by atoms with Crippen molar-refractivity contribution in [2.45, 2.75) is 6.54 Å². The highest BCUT2D eigenvalue weighted by atomic mass is 79.9. The SMILES string of the molecule is Clc1ccc(CNc2ncnc3ccc(Br)cc23)cc1. The van der Waals surface area contributed by atoms with Gasteiger partial charge in [0.25, 0.3) is 0 Å². The van der Waals surface area contributed by atoms with E-state index >= 15 is 0 Å². The summed E-state index contributed by atoms with van der Waals surface area (Å²) in [5.41, 5.74) is 2.07. The highest BCUT2D eigenvalue weighted by Gasteiger charge is 2.04. The van der Waals surface area contributed by atoms with Gasteiger partial charge in [-0.25, -0.2) is 9.97 Å². The fourth-order valence-corrected chi connectivity index (χ4v) is 2.44. The van der Waals surface area contributed by atoms with Gasteiger partial charge in [-0.2, -0.15) is 0 Å². The summed E-state index contributed by atoms with van der Waals surface area (Å²) >= 11 is 9.35. The molecule has 1 aromatic heterocycles. The van der Waals surface area contributed by atoms with E-state index in [4.69, 9.17) is 11.6 Å². The summed E-state index contributed by atoms with van der Waals surface area (Å²) in [4.78, 5) is 8.57. The number of halogens is 2. The predicted octanol–water partition coefficient (Wildman–Crippen LogP) is 4.66. The van der Waals surface area contributed by atoms with Gasteiger partial charge in [-0.1, -0.05) is 39.7 Å². The van der Waals surface area contributed by atoms with Crippen LogP contribution in [0.25, 0.3) is 10.9 Å².